The minimum absolute atomic E-state index is 0.114. The molecule has 4 aromatic rings. The largest absolute Gasteiger partial charge is 0.481 e. The Hall–Kier alpha value is -2.89. The third-order valence-electron chi connectivity index (χ3n) is 5.49. The zero-order valence-corrected chi connectivity index (χ0v) is 24.4. The van der Waals surface area contributed by atoms with Gasteiger partial charge in [0.2, 0.25) is 5.75 Å². The van der Waals surface area contributed by atoms with Crippen LogP contribution in [0.3, 0.4) is 0 Å². The summed E-state index contributed by atoms with van der Waals surface area (Å²) in [6.07, 6.45) is 3.75. The van der Waals surface area contributed by atoms with Gasteiger partial charge in [0.05, 0.1) is 26.5 Å². The molecule has 0 aliphatic rings. The molecule has 3 aromatic carbocycles. The maximum Gasteiger partial charge on any atom is 0.312 e. The van der Waals surface area contributed by atoms with Crippen LogP contribution in [0.1, 0.15) is 36.7 Å². The van der Waals surface area contributed by atoms with E-state index < -0.39 is 4.92 Å². The molecular weight excluding hydrogens is 672 g/mol. The van der Waals surface area contributed by atoms with Gasteiger partial charge in [-0.05, 0) is 64.3 Å². The normalized spacial score (nSPS) is 11.4. The summed E-state index contributed by atoms with van der Waals surface area (Å²) in [6, 6.07) is 15.9. The fourth-order valence-electron chi connectivity index (χ4n) is 3.62. The van der Waals surface area contributed by atoms with Crippen molar-refractivity contribution in [2.24, 2.45) is 5.10 Å². The highest BCUT2D eigenvalue weighted by molar-refractivity contribution is 9.11. The molecule has 4 rings (SSSR count). The summed E-state index contributed by atoms with van der Waals surface area (Å²) in [6.45, 7) is 2.22. The fraction of sp³-hybridized carbons (Fsp3) is 0.192. The lowest BCUT2D eigenvalue weighted by molar-refractivity contribution is -0.386. The Labute approximate surface area is 237 Å². The van der Waals surface area contributed by atoms with E-state index in [9.17, 15) is 14.9 Å². The fourth-order valence-corrected chi connectivity index (χ4v) is 4.83. The molecule has 37 heavy (non-hydrogen) atoms. The highest BCUT2D eigenvalue weighted by atomic mass is 79.9. The van der Waals surface area contributed by atoms with Gasteiger partial charge < -0.3 is 4.74 Å². The van der Waals surface area contributed by atoms with Gasteiger partial charge in [0.15, 0.2) is 0 Å². The molecule has 0 N–H and O–H groups in total. The number of ether oxygens (including phenoxy) is 1. The lowest BCUT2D eigenvalue weighted by Crippen LogP contribution is -2.22. The van der Waals surface area contributed by atoms with E-state index in [4.69, 9.17) is 4.74 Å². The van der Waals surface area contributed by atoms with Crippen molar-refractivity contribution in [3.8, 4) is 5.75 Å². The standard InChI is InChI=1S/C26H21Br3N4O4/c1-2-3-4-24-31-22-10-9-19(28)13-20(22)26(34)32(24)30-14-17-11-21(29)25(23(12-17)33(35)36)37-15-16-5-7-18(27)8-6-16/h5-14H,2-4,15H2,1H3. The Morgan fingerprint density at radius 2 is 1.81 bits per heavy atom. The Morgan fingerprint density at radius 1 is 1.08 bits per heavy atom. The molecule has 8 nitrogen and oxygen atoms in total. The number of nitro groups is 1. The van der Waals surface area contributed by atoms with Gasteiger partial charge >= 0.3 is 5.69 Å². The Morgan fingerprint density at radius 3 is 2.51 bits per heavy atom. The monoisotopic (exact) mass is 690 g/mol. The minimum Gasteiger partial charge on any atom is -0.481 e. The summed E-state index contributed by atoms with van der Waals surface area (Å²) in [5.74, 6) is 0.643. The van der Waals surface area contributed by atoms with Crippen molar-refractivity contribution in [3.05, 3.63) is 105 Å². The minimum atomic E-state index is -0.507. The molecule has 0 aliphatic heterocycles. The molecule has 0 saturated carbocycles. The number of fused-ring (bicyclic) bond motifs is 1. The van der Waals surface area contributed by atoms with Crippen molar-refractivity contribution < 1.29 is 9.66 Å². The number of aromatic nitrogens is 2. The van der Waals surface area contributed by atoms with Crippen LogP contribution in [0.25, 0.3) is 10.9 Å². The molecule has 0 spiro atoms. The molecule has 190 valence electrons. The highest BCUT2D eigenvalue weighted by Crippen LogP contribution is 2.36. The average Bonchev–Trinajstić information content (AvgIpc) is 2.87. The lowest BCUT2D eigenvalue weighted by Gasteiger charge is -2.11. The van der Waals surface area contributed by atoms with E-state index in [0.717, 1.165) is 27.4 Å². The summed E-state index contributed by atoms with van der Waals surface area (Å²) in [4.78, 5) is 29.3. The van der Waals surface area contributed by atoms with Gasteiger partial charge in [0.1, 0.15) is 12.4 Å². The number of halogens is 3. The highest BCUT2D eigenvalue weighted by Gasteiger charge is 2.20. The molecular formula is C26H21Br3N4O4. The van der Waals surface area contributed by atoms with E-state index in [1.807, 2.05) is 30.3 Å². The van der Waals surface area contributed by atoms with E-state index in [0.29, 0.717) is 33.2 Å². The molecule has 0 unspecified atom stereocenters. The van der Waals surface area contributed by atoms with Gasteiger partial charge in [-0.1, -0.05) is 57.3 Å². The summed E-state index contributed by atoms with van der Waals surface area (Å²) in [7, 11) is 0. The van der Waals surface area contributed by atoms with E-state index in [1.54, 1.807) is 18.2 Å². The molecule has 1 heterocycles. The van der Waals surface area contributed by atoms with Crippen LogP contribution < -0.4 is 10.3 Å². The quantitative estimate of drug-likeness (QED) is 0.103. The van der Waals surface area contributed by atoms with Crippen LogP contribution in [0, 0.1) is 10.1 Å². The molecule has 0 radical (unpaired) electrons. The molecule has 11 heteroatoms. The van der Waals surface area contributed by atoms with Gasteiger partial charge in [-0.15, -0.1) is 0 Å². The molecule has 1 aromatic heterocycles. The number of rotatable bonds is 9. The number of nitrogens with zero attached hydrogens (tertiary/aromatic N) is 4. The zero-order valence-electron chi connectivity index (χ0n) is 19.7. The van der Waals surface area contributed by atoms with Crippen LogP contribution >= 0.6 is 47.8 Å². The SMILES string of the molecule is CCCCc1nc2ccc(Br)cc2c(=O)n1N=Cc1cc(Br)c(OCc2ccc(Br)cc2)c([N+](=O)[O-])c1. The van der Waals surface area contributed by atoms with Crippen LogP contribution in [-0.2, 0) is 13.0 Å². The topological polar surface area (TPSA) is 99.6 Å². The van der Waals surface area contributed by atoms with Crippen molar-refractivity contribution in [3.63, 3.8) is 0 Å². The summed E-state index contributed by atoms with van der Waals surface area (Å²) in [5, 5.41) is 16.7. The van der Waals surface area contributed by atoms with E-state index >= 15 is 0 Å². The van der Waals surface area contributed by atoms with Crippen molar-refractivity contribution >= 4 is 70.6 Å². The first-order chi connectivity index (χ1) is 17.8. The summed E-state index contributed by atoms with van der Waals surface area (Å²) < 4.78 is 9.15. The Kier molecular flexibility index (Phi) is 8.88. The van der Waals surface area contributed by atoms with E-state index in [2.05, 4.69) is 64.8 Å². The number of hydrogen-bond donors (Lipinski definition) is 0. The molecule has 0 aliphatic carbocycles. The number of nitro benzene ring substituents is 1. The summed E-state index contributed by atoms with van der Waals surface area (Å²) in [5.41, 5.74) is 1.36. The Bertz CT molecular complexity index is 1550. The molecule has 0 fully saturated rings. The second kappa shape index (κ2) is 12.1. The third-order valence-corrected chi connectivity index (χ3v) is 7.10. The number of benzene rings is 3. The maximum atomic E-state index is 13.3. The van der Waals surface area contributed by atoms with Crippen LogP contribution in [0.15, 0.2) is 77.9 Å². The van der Waals surface area contributed by atoms with E-state index in [1.165, 1.54) is 17.0 Å². The van der Waals surface area contributed by atoms with Crippen LogP contribution in [-0.4, -0.2) is 20.8 Å². The van der Waals surface area contributed by atoms with Crippen molar-refractivity contribution in [2.45, 2.75) is 32.8 Å². The second-order valence-corrected chi connectivity index (χ2v) is 10.9. The van der Waals surface area contributed by atoms with Gasteiger partial charge in [0, 0.05) is 27.0 Å². The van der Waals surface area contributed by atoms with Gasteiger partial charge in [-0.25, -0.2) is 4.98 Å². The predicted molar refractivity (Wildman–Crippen MR) is 155 cm³/mol. The lowest BCUT2D eigenvalue weighted by atomic mass is 10.2. The predicted octanol–water partition coefficient (Wildman–Crippen LogP) is 7.40. The molecule has 0 bridgehead atoms. The van der Waals surface area contributed by atoms with Crippen LogP contribution in [0.4, 0.5) is 5.69 Å². The van der Waals surface area contributed by atoms with Crippen molar-refractivity contribution in [1.82, 2.24) is 9.66 Å². The smallest absolute Gasteiger partial charge is 0.312 e. The van der Waals surface area contributed by atoms with Gasteiger partial charge in [-0.3, -0.25) is 14.9 Å². The number of hydrogen-bond acceptors (Lipinski definition) is 6. The Balaban J connectivity index is 1.70. The molecule has 0 saturated heterocycles. The number of aryl methyl sites for hydroxylation is 1. The van der Waals surface area contributed by atoms with Crippen molar-refractivity contribution in [2.75, 3.05) is 0 Å². The third kappa shape index (κ3) is 6.52. The van der Waals surface area contributed by atoms with Crippen LogP contribution in [0.2, 0.25) is 0 Å². The first-order valence-corrected chi connectivity index (χ1v) is 13.8. The first kappa shape index (κ1) is 27.2. The first-order valence-electron chi connectivity index (χ1n) is 11.4. The van der Waals surface area contributed by atoms with E-state index in [-0.39, 0.29) is 23.6 Å². The average molecular weight is 693 g/mol. The maximum absolute atomic E-state index is 13.3. The second-order valence-electron chi connectivity index (χ2n) is 8.18. The molecule has 0 atom stereocenters. The van der Waals surface area contributed by atoms with Crippen LogP contribution in [0.5, 0.6) is 5.75 Å². The zero-order chi connectivity index (χ0) is 26.5. The summed E-state index contributed by atoms with van der Waals surface area (Å²) >= 11 is 10.2. The molecule has 0 amide bonds. The van der Waals surface area contributed by atoms with Gasteiger partial charge in [-0.2, -0.15) is 9.78 Å². The van der Waals surface area contributed by atoms with Crippen molar-refractivity contribution in [1.29, 1.82) is 0 Å². The number of unbranched alkanes of at least 4 members (excludes halogenated alkanes) is 1. The van der Waals surface area contributed by atoms with Gasteiger partial charge in [0.25, 0.3) is 5.56 Å².